The van der Waals surface area contributed by atoms with Crippen molar-refractivity contribution in [2.24, 2.45) is 0 Å². The number of aryl methyl sites for hydroxylation is 1. The Morgan fingerprint density at radius 2 is 2.21 bits per heavy atom. The monoisotopic (exact) mass is 214 g/mol. The average Bonchev–Trinajstić information content (AvgIpc) is 2.58. The van der Waals surface area contributed by atoms with Gasteiger partial charge in [-0.25, -0.2) is 4.98 Å². The summed E-state index contributed by atoms with van der Waals surface area (Å²) in [7, 11) is 0. The van der Waals surface area contributed by atoms with Crippen molar-refractivity contribution in [3.8, 4) is 0 Å². The Labute approximate surface area is 89.2 Å². The molecule has 0 aromatic carbocycles. The highest BCUT2D eigenvalue weighted by molar-refractivity contribution is 7.11. The molecule has 4 heteroatoms. The molecule has 0 aliphatic rings. The molecular formula is C10H18N2OS. The van der Waals surface area contributed by atoms with Crippen LogP contribution < -0.4 is 5.32 Å². The predicted octanol–water partition coefficient (Wildman–Crippen LogP) is 1.70. The quantitative estimate of drug-likeness (QED) is 0.757. The van der Waals surface area contributed by atoms with E-state index in [9.17, 15) is 0 Å². The van der Waals surface area contributed by atoms with Crippen molar-refractivity contribution in [1.29, 1.82) is 0 Å². The van der Waals surface area contributed by atoms with Gasteiger partial charge in [0.25, 0.3) is 0 Å². The van der Waals surface area contributed by atoms with E-state index in [1.807, 2.05) is 0 Å². The Morgan fingerprint density at radius 3 is 2.79 bits per heavy atom. The number of nitrogens with one attached hydrogen (secondary N) is 1. The van der Waals surface area contributed by atoms with Gasteiger partial charge >= 0.3 is 0 Å². The molecule has 0 saturated carbocycles. The minimum absolute atomic E-state index is 0.0630. The Morgan fingerprint density at radius 1 is 1.43 bits per heavy atom. The van der Waals surface area contributed by atoms with Crippen molar-refractivity contribution < 1.29 is 5.11 Å². The number of aliphatic hydroxyl groups is 1. The van der Waals surface area contributed by atoms with Gasteiger partial charge in [0.05, 0.1) is 12.3 Å². The Bertz CT molecular complexity index is 273. The van der Waals surface area contributed by atoms with Gasteiger partial charge < -0.3 is 10.4 Å². The van der Waals surface area contributed by atoms with E-state index in [0.717, 1.165) is 36.6 Å². The number of hydrogen-bond acceptors (Lipinski definition) is 4. The van der Waals surface area contributed by atoms with Gasteiger partial charge in [0, 0.05) is 11.4 Å². The fourth-order valence-corrected chi connectivity index (χ4v) is 2.26. The van der Waals surface area contributed by atoms with Gasteiger partial charge in [-0.2, -0.15) is 0 Å². The summed E-state index contributed by atoms with van der Waals surface area (Å²) in [5, 5.41) is 13.1. The Hall–Kier alpha value is -0.450. The largest absolute Gasteiger partial charge is 0.389 e. The molecule has 0 saturated heterocycles. The van der Waals surface area contributed by atoms with E-state index in [1.54, 1.807) is 11.3 Å². The van der Waals surface area contributed by atoms with Crippen molar-refractivity contribution in [2.75, 3.05) is 6.54 Å². The topological polar surface area (TPSA) is 45.2 Å². The van der Waals surface area contributed by atoms with E-state index >= 15 is 0 Å². The molecule has 14 heavy (non-hydrogen) atoms. The normalized spacial score (nSPS) is 10.8. The first-order chi connectivity index (χ1) is 6.81. The van der Waals surface area contributed by atoms with E-state index in [1.165, 1.54) is 4.88 Å². The molecule has 1 rings (SSSR count). The summed E-state index contributed by atoms with van der Waals surface area (Å²) in [5.41, 5.74) is 1.16. The van der Waals surface area contributed by atoms with Gasteiger partial charge in [0.2, 0.25) is 0 Å². The highest BCUT2D eigenvalue weighted by atomic mass is 32.1. The summed E-state index contributed by atoms with van der Waals surface area (Å²) in [4.78, 5) is 5.68. The van der Waals surface area contributed by atoms with Gasteiger partial charge in [0.1, 0.15) is 5.01 Å². The van der Waals surface area contributed by atoms with Gasteiger partial charge in [-0.15, -0.1) is 11.3 Å². The summed E-state index contributed by atoms with van der Waals surface area (Å²) < 4.78 is 0. The second-order valence-electron chi connectivity index (χ2n) is 3.17. The maximum atomic E-state index is 9.00. The second kappa shape index (κ2) is 6.11. The van der Waals surface area contributed by atoms with Crippen LogP contribution in [0.1, 0.15) is 35.8 Å². The molecule has 80 valence electrons. The number of hydrogen-bond donors (Lipinski definition) is 2. The van der Waals surface area contributed by atoms with Crippen LogP contribution in [0, 0.1) is 0 Å². The lowest BCUT2D eigenvalue weighted by atomic mass is 10.2. The van der Waals surface area contributed by atoms with E-state index < -0.39 is 0 Å². The van der Waals surface area contributed by atoms with Crippen LogP contribution in [0.3, 0.4) is 0 Å². The molecule has 0 bridgehead atoms. The zero-order valence-corrected chi connectivity index (χ0v) is 9.65. The highest BCUT2D eigenvalue weighted by Gasteiger charge is 2.08. The smallest absolute Gasteiger partial charge is 0.119 e. The Balaban J connectivity index is 2.71. The van der Waals surface area contributed by atoms with E-state index in [4.69, 9.17) is 5.11 Å². The standard InChI is InChI=1S/C10H18N2OS/c1-3-5-8-9(6-11-4-2)14-10(7-13)12-8/h11,13H,3-7H2,1-2H3. The molecule has 0 radical (unpaired) electrons. The van der Waals surface area contributed by atoms with Crippen molar-refractivity contribution in [1.82, 2.24) is 10.3 Å². The summed E-state index contributed by atoms with van der Waals surface area (Å²) in [6.07, 6.45) is 2.12. The lowest BCUT2D eigenvalue weighted by molar-refractivity contribution is 0.281. The number of rotatable bonds is 6. The van der Waals surface area contributed by atoms with Crippen LogP contribution in [-0.2, 0) is 19.6 Å². The van der Waals surface area contributed by atoms with Gasteiger partial charge in [-0.3, -0.25) is 0 Å². The third kappa shape index (κ3) is 3.04. The van der Waals surface area contributed by atoms with E-state index in [2.05, 4.69) is 24.1 Å². The van der Waals surface area contributed by atoms with Crippen molar-refractivity contribution in [3.63, 3.8) is 0 Å². The predicted molar refractivity (Wildman–Crippen MR) is 59.4 cm³/mol. The summed E-state index contributed by atoms with van der Waals surface area (Å²) >= 11 is 1.62. The second-order valence-corrected chi connectivity index (χ2v) is 4.33. The molecule has 0 fully saturated rings. The molecule has 0 amide bonds. The molecule has 0 aliphatic carbocycles. The summed E-state index contributed by atoms with van der Waals surface area (Å²) in [6.45, 7) is 6.15. The highest BCUT2D eigenvalue weighted by Crippen LogP contribution is 2.19. The number of nitrogens with zero attached hydrogens (tertiary/aromatic N) is 1. The minimum atomic E-state index is 0.0630. The molecule has 1 heterocycles. The van der Waals surface area contributed by atoms with Gasteiger partial charge in [-0.1, -0.05) is 20.3 Å². The maximum Gasteiger partial charge on any atom is 0.119 e. The van der Waals surface area contributed by atoms with E-state index in [-0.39, 0.29) is 6.61 Å². The van der Waals surface area contributed by atoms with Crippen molar-refractivity contribution in [2.45, 2.75) is 39.8 Å². The summed E-state index contributed by atoms with van der Waals surface area (Å²) in [6, 6.07) is 0. The van der Waals surface area contributed by atoms with E-state index in [0.29, 0.717) is 0 Å². The lowest BCUT2D eigenvalue weighted by Gasteiger charge is -2.00. The maximum absolute atomic E-state index is 9.00. The zero-order chi connectivity index (χ0) is 10.4. The number of aromatic nitrogens is 1. The van der Waals surface area contributed by atoms with Crippen LogP contribution in [0.15, 0.2) is 0 Å². The van der Waals surface area contributed by atoms with Crippen LogP contribution in [-0.4, -0.2) is 16.6 Å². The fraction of sp³-hybridized carbons (Fsp3) is 0.700. The lowest BCUT2D eigenvalue weighted by Crippen LogP contribution is -2.11. The number of thiazole rings is 1. The molecule has 0 unspecified atom stereocenters. The average molecular weight is 214 g/mol. The van der Waals surface area contributed by atoms with Gasteiger partial charge in [-0.05, 0) is 13.0 Å². The molecule has 0 aliphatic heterocycles. The first-order valence-corrected chi connectivity index (χ1v) is 5.92. The van der Waals surface area contributed by atoms with Crippen molar-refractivity contribution in [3.05, 3.63) is 15.6 Å². The molecule has 3 nitrogen and oxygen atoms in total. The third-order valence-corrected chi connectivity index (χ3v) is 3.06. The molecule has 1 aromatic rings. The fourth-order valence-electron chi connectivity index (χ4n) is 1.31. The van der Waals surface area contributed by atoms with Crippen LogP contribution >= 0.6 is 11.3 Å². The van der Waals surface area contributed by atoms with Crippen LogP contribution in [0.2, 0.25) is 0 Å². The van der Waals surface area contributed by atoms with Crippen LogP contribution in [0.25, 0.3) is 0 Å². The molecule has 1 aromatic heterocycles. The Kier molecular flexibility index (Phi) is 5.07. The molecule has 2 N–H and O–H groups in total. The molecule has 0 atom stereocenters. The van der Waals surface area contributed by atoms with Crippen LogP contribution in [0.4, 0.5) is 0 Å². The molecule has 0 spiro atoms. The van der Waals surface area contributed by atoms with Gasteiger partial charge in [0.15, 0.2) is 0 Å². The summed E-state index contributed by atoms with van der Waals surface area (Å²) in [5.74, 6) is 0. The third-order valence-electron chi connectivity index (χ3n) is 1.98. The molecular weight excluding hydrogens is 196 g/mol. The van der Waals surface area contributed by atoms with Crippen LogP contribution in [0.5, 0.6) is 0 Å². The van der Waals surface area contributed by atoms with Crippen molar-refractivity contribution >= 4 is 11.3 Å². The first kappa shape index (κ1) is 11.6. The zero-order valence-electron chi connectivity index (χ0n) is 8.84. The first-order valence-electron chi connectivity index (χ1n) is 5.10. The SMILES string of the molecule is CCCc1nc(CO)sc1CNCC. The number of aliphatic hydroxyl groups excluding tert-OH is 1. The minimum Gasteiger partial charge on any atom is -0.389 e.